The zero-order valence-electron chi connectivity index (χ0n) is 11.4. The lowest BCUT2D eigenvalue weighted by Crippen LogP contribution is -2.37. The van der Waals surface area contributed by atoms with Crippen LogP contribution in [0.4, 0.5) is 0 Å². The van der Waals surface area contributed by atoms with E-state index in [1.807, 2.05) is 13.8 Å². The van der Waals surface area contributed by atoms with Gasteiger partial charge in [-0.1, -0.05) is 27.7 Å². The summed E-state index contributed by atoms with van der Waals surface area (Å²) in [7, 11) is 0. The average molecular weight is 224 g/mol. The number of allylic oxidation sites excluding steroid dienone is 2. The van der Waals surface area contributed by atoms with Gasteiger partial charge in [0, 0.05) is 12.0 Å². The minimum absolute atomic E-state index is 0.0713. The van der Waals surface area contributed by atoms with Gasteiger partial charge >= 0.3 is 0 Å². The summed E-state index contributed by atoms with van der Waals surface area (Å²) in [6, 6.07) is 0. The van der Waals surface area contributed by atoms with Crippen molar-refractivity contribution in [2.75, 3.05) is 6.61 Å². The molecule has 0 amide bonds. The molecule has 0 aromatic heterocycles. The van der Waals surface area contributed by atoms with Crippen molar-refractivity contribution < 1.29 is 9.53 Å². The molecule has 0 bridgehead atoms. The number of carbonyl (C=O) groups is 1. The van der Waals surface area contributed by atoms with Crippen LogP contribution in [0.15, 0.2) is 11.3 Å². The van der Waals surface area contributed by atoms with E-state index in [4.69, 9.17) is 4.74 Å². The molecule has 0 N–H and O–H groups in total. The number of ketones is 1. The molecule has 0 atom stereocenters. The van der Waals surface area contributed by atoms with Crippen molar-refractivity contribution in [3.05, 3.63) is 11.3 Å². The van der Waals surface area contributed by atoms with Gasteiger partial charge in [-0.2, -0.15) is 0 Å². The third-order valence-corrected chi connectivity index (χ3v) is 3.23. The third kappa shape index (κ3) is 2.66. The standard InChI is InChI=1S/C14H24O2/c1-7-16-10(2)12-11(15)8-13(3,4)9-14(12,5)6/h7-9H2,1-6H3. The predicted molar refractivity (Wildman–Crippen MR) is 66.1 cm³/mol. The van der Waals surface area contributed by atoms with Crippen molar-refractivity contribution in [3.63, 3.8) is 0 Å². The lowest BCUT2D eigenvalue weighted by molar-refractivity contribution is -0.121. The van der Waals surface area contributed by atoms with Gasteiger partial charge in [-0.3, -0.25) is 4.79 Å². The molecule has 0 radical (unpaired) electrons. The van der Waals surface area contributed by atoms with Crippen molar-refractivity contribution in [3.8, 4) is 0 Å². The van der Waals surface area contributed by atoms with Crippen molar-refractivity contribution >= 4 is 5.78 Å². The molecule has 0 unspecified atom stereocenters. The van der Waals surface area contributed by atoms with Crippen LogP contribution in [-0.4, -0.2) is 12.4 Å². The van der Waals surface area contributed by atoms with Gasteiger partial charge in [-0.25, -0.2) is 0 Å². The Labute approximate surface area is 99.1 Å². The highest BCUT2D eigenvalue weighted by Crippen LogP contribution is 2.48. The minimum atomic E-state index is -0.0713. The smallest absolute Gasteiger partial charge is 0.163 e. The van der Waals surface area contributed by atoms with Gasteiger partial charge in [0.25, 0.3) is 0 Å². The Morgan fingerprint density at radius 3 is 2.31 bits per heavy atom. The summed E-state index contributed by atoms with van der Waals surface area (Å²) in [4.78, 5) is 12.2. The third-order valence-electron chi connectivity index (χ3n) is 3.23. The zero-order chi connectivity index (χ0) is 12.6. The molecule has 0 spiro atoms. The maximum absolute atomic E-state index is 12.2. The Bertz CT molecular complexity index is 322. The van der Waals surface area contributed by atoms with E-state index in [1.54, 1.807) is 0 Å². The van der Waals surface area contributed by atoms with Crippen molar-refractivity contribution in [1.82, 2.24) is 0 Å². The summed E-state index contributed by atoms with van der Waals surface area (Å²) >= 11 is 0. The number of rotatable bonds is 2. The van der Waals surface area contributed by atoms with Crippen LogP contribution in [0.25, 0.3) is 0 Å². The average Bonchev–Trinajstić information content (AvgIpc) is 1.97. The highest BCUT2D eigenvalue weighted by molar-refractivity contribution is 5.98. The van der Waals surface area contributed by atoms with Crippen LogP contribution in [0.1, 0.15) is 54.4 Å². The molecule has 2 nitrogen and oxygen atoms in total. The first-order chi connectivity index (χ1) is 7.19. The topological polar surface area (TPSA) is 26.3 Å². The molecule has 0 saturated heterocycles. The zero-order valence-corrected chi connectivity index (χ0v) is 11.4. The highest BCUT2D eigenvalue weighted by atomic mass is 16.5. The van der Waals surface area contributed by atoms with E-state index in [9.17, 15) is 4.79 Å². The molecule has 1 aliphatic rings. The summed E-state index contributed by atoms with van der Waals surface area (Å²) in [5.41, 5.74) is 0.933. The fourth-order valence-corrected chi connectivity index (χ4v) is 3.21. The number of carbonyl (C=O) groups excluding carboxylic acids is 1. The molecule has 1 aliphatic carbocycles. The molecule has 0 heterocycles. The summed E-state index contributed by atoms with van der Waals surface area (Å²) in [5.74, 6) is 1.07. The highest BCUT2D eigenvalue weighted by Gasteiger charge is 2.43. The summed E-state index contributed by atoms with van der Waals surface area (Å²) < 4.78 is 5.51. The van der Waals surface area contributed by atoms with E-state index in [0.29, 0.717) is 13.0 Å². The molecule has 16 heavy (non-hydrogen) atoms. The fraction of sp³-hybridized carbons (Fsp3) is 0.786. The molecule has 0 aromatic carbocycles. The van der Waals surface area contributed by atoms with Crippen LogP contribution in [0.2, 0.25) is 0 Å². The van der Waals surface area contributed by atoms with Crippen LogP contribution in [0, 0.1) is 10.8 Å². The molecular formula is C14H24O2. The lowest BCUT2D eigenvalue weighted by atomic mass is 9.62. The summed E-state index contributed by atoms with van der Waals surface area (Å²) in [6.45, 7) is 13.1. The van der Waals surface area contributed by atoms with Gasteiger partial charge in [-0.05, 0) is 31.1 Å². The van der Waals surface area contributed by atoms with Crippen molar-refractivity contribution in [1.29, 1.82) is 0 Å². The monoisotopic (exact) mass is 224 g/mol. The molecule has 1 saturated carbocycles. The first-order valence-corrected chi connectivity index (χ1v) is 6.07. The molecule has 92 valence electrons. The second-order valence-corrected chi connectivity index (χ2v) is 6.19. The van der Waals surface area contributed by atoms with E-state index >= 15 is 0 Å². The Kier molecular flexibility index (Phi) is 3.51. The largest absolute Gasteiger partial charge is 0.498 e. The van der Waals surface area contributed by atoms with Crippen LogP contribution in [-0.2, 0) is 9.53 Å². The number of hydrogen-bond donors (Lipinski definition) is 0. The normalized spacial score (nSPS) is 26.5. The van der Waals surface area contributed by atoms with Gasteiger partial charge in [0.15, 0.2) is 5.78 Å². The van der Waals surface area contributed by atoms with E-state index in [-0.39, 0.29) is 16.6 Å². The number of hydrogen-bond acceptors (Lipinski definition) is 2. The van der Waals surface area contributed by atoms with E-state index in [1.165, 1.54) is 0 Å². The van der Waals surface area contributed by atoms with Gasteiger partial charge < -0.3 is 4.74 Å². The Hall–Kier alpha value is -0.790. The molecule has 1 fully saturated rings. The van der Waals surface area contributed by atoms with Gasteiger partial charge in [0.1, 0.15) is 5.76 Å². The van der Waals surface area contributed by atoms with Crippen LogP contribution in [0.3, 0.4) is 0 Å². The van der Waals surface area contributed by atoms with E-state index < -0.39 is 0 Å². The molecule has 1 rings (SSSR count). The van der Waals surface area contributed by atoms with Crippen LogP contribution < -0.4 is 0 Å². The van der Waals surface area contributed by atoms with E-state index in [2.05, 4.69) is 27.7 Å². The van der Waals surface area contributed by atoms with E-state index in [0.717, 1.165) is 17.8 Å². The van der Waals surface area contributed by atoms with Gasteiger partial charge in [-0.15, -0.1) is 0 Å². The molecular weight excluding hydrogens is 200 g/mol. The Morgan fingerprint density at radius 1 is 1.31 bits per heavy atom. The minimum Gasteiger partial charge on any atom is -0.498 e. The second-order valence-electron chi connectivity index (χ2n) is 6.19. The molecule has 0 aliphatic heterocycles. The maximum Gasteiger partial charge on any atom is 0.163 e. The van der Waals surface area contributed by atoms with Crippen molar-refractivity contribution in [2.24, 2.45) is 10.8 Å². The maximum atomic E-state index is 12.2. The quantitative estimate of drug-likeness (QED) is 0.528. The molecule has 2 heteroatoms. The predicted octanol–water partition coefficient (Wildman–Crippen LogP) is 3.71. The lowest BCUT2D eigenvalue weighted by Gasteiger charge is -2.42. The second kappa shape index (κ2) is 4.23. The van der Waals surface area contributed by atoms with Crippen LogP contribution in [0.5, 0.6) is 0 Å². The van der Waals surface area contributed by atoms with Crippen LogP contribution >= 0.6 is 0 Å². The Morgan fingerprint density at radius 2 is 1.88 bits per heavy atom. The summed E-state index contributed by atoms with van der Waals surface area (Å²) in [6.07, 6.45) is 1.67. The van der Waals surface area contributed by atoms with Crippen molar-refractivity contribution in [2.45, 2.75) is 54.4 Å². The SMILES string of the molecule is CCOC(C)=C1C(=O)CC(C)(C)CC1(C)C. The van der Waals surface area contributed by atoms with Gasteiger partial charge in [0.05, 0.1) is 6.61 Å². The number of ether oxygens (including phenoxy) is 1. The fourth-order valence-electron chi connectivity index (χ4n) is 3.21. The Balaban J connectivity index is 3.11. The van der Waals surface area contributed by atoms with Gasteiger partial charge in [0.2, 0.25) is 0 Å². The molecule has 0 aromatic rings. The first-order valence-electron chi connectivity index (χ1n) is 6.07. The number of Topliss-reactive ketones (excluding diaryl/α,β-unsaturated/α-hetero) is 1. The first kappa shape index (κ1) is 13.3. The summed E-state index contributed by atoms with van der Waals surface area (Å²) in [5, 5.41) is 0.